The summed E-state index contributed by atoms with van der Waals surface area (Å²) in [4.78, 5) is 25.1. The van der Waals surface area contributed by atoms with Crippen LogP contribution in [0.1, 0.15) is 5.69 Å². The first-order valence-electron chi connectivity index (χ1n) is 9.75. The van der Waals surface area contributed by atoms with Gasteiger partial charge < -0.3 is 18.6 Å². The first-order chi connectivity index (χ1) is 15.2. The number of imidazole rings is 1. The number of oxazole rings is 1. The van der Waals surface area contributed by atoms with E-state index in [0.717, 1.165) is 10.7 Å². The minimum absolute atomic E-state index is 0.0617. The number of piperazine rings is 1. The van der Waals surface area contributed by atoms with Crippen molar-refractivity contribution in [3.63, 3.8) is 0 Å². The summed E-state index contributed by atoms with van der Waals surface area (Å²) in [5.74, 6) is 1.55. The molecule has 4 aromatic heterocycles. The highest BCUT2D eigenvalue weighted by Crippen LogP contribution is 2.29. The van der Waals surface area contributed by atoms with Crippen LogP contribution in [0.25, 0.3) is 17.2 Å². The second kappa shape index (κ2) is 8.20. The average molecular weight is 434 g/mol. The highest BCUT2D eigenvalue weighted by atomic mass is 32.2. The molecule has 1 amide bonds. The van der Waals surface area contributed by atoms with E-state index in [1.165, 1.54) is 18.0 Å². The summed E-state index contributed by atoms with van der Waals surface area (Å²) >= 11 is 1.43. The summed E-state index contributed by atoms with van der Waals surface area (Å²) in [6.07, 6.45) is 5.27. The lowest BCUT2D eigenvalue weighted by atomic mass is 10.3. The molecular formula is C21H18N6O3S. The van der Waals surface area contributed by atoms with Crippen LogP contribution < -0.4 is 4.90 Å². The minimum Gasteiger partial charge on any atom is -0.459 e. The van der Waals surface area contributed by atoms with Crippen molar-refractivity contribution in [2.75, 3.05) is 36.8 Å². The molecule has 1 saturated heterocycles. The second-order valence-corrected chi connectivity index (χ2v) is 7.90. The van der Waals surface area contributed by atoms with Crippen LogP contribution >= 0.6 is 11.8 Å². The highest BCUT2D eigenvalue weighted by molar-refractivity contribution is 7.99. The molecule has 0 N–H and O–H groups in total. The number of hydrogen-bond acceptors (Lipinski definition) is 8. The Hall–Kier alpha value is -3.71. The normalized spacial score (nSPS) is 14.2. The quantitative estimate of drug-likeness (QED) is 0.442. The Morgan fingerprint density at radius 1 is 1.19 bits per heavy atom. The van der Waals surface area contributed by atoms with E-state index in [4.69, 9.17) is 8.83 Å². The number of anilines is 1. The molecule has 156 valence electrons. The zero-order valence-corrected chi connectivity index (χ0v) is 17.3. The van der Waals surface area contributed by atoms with Gasteiger partial charge in [-0.1, -0.05) is 17.8 Å². The molecule has 0 aliphatic carbocycles. The Balaban J connectivity index is 1.20. The lowest BCUT2D eigenvalue weighted by molar-refractivity contribution is -0.128. The number of nitriles is 1. The molecule has 4 aromatic rings. The summed E-state index contributed by atoms with van der Waals surface area (Å²) in [5.41, 5.74) is 1.22. The third-order valence-corrected chi connectivity index (χ3v) is 6.05. The number of carbonyl (C=O) groups excluding carboxylic acids is 1. The largest absolute Gasteiger partial charge is 0.459 e. The fourth-order valence-corrected chi connectivity index (χ4v) is 4.38. The lowest BCUT2D eigenvalue weighted by Gasteiger charge is -2.34. The standard InChI is InChI=1S/C21H18N6O3S/c22-12-16-20(30-19(24-16)17-5-3-11-29-17)26-9-7-25(8-10-26)18(28)14-31-21-23-13-15-4-1-2-6-27(15)21/h1-6,11,13H,7-10,14H2. The van der Waals surface area contributed by atoms with E-state index in [0.29, 0.717) is 43.6 Å². The number of nitrogens with zero attached hydrogens (tertiary/aromatic N) is 6. The number of hydrogen-bond donors (Lipinski definition) is 0. The molecule has 9 nitrogen and oxygen atoms in total. The number of amides is 1. The molecule has 0 bridgehead atoms. The third kappa shape index (κ3) is 3.75. The van der Waals surface area contributed by atoms with Crippen molar-refractivity contribution in [1.82, 2.24) is 19.3 Å². The molecular weight excluding hydrogens is 416 g/mol. The molecule has 5 heterocycles. The number of fused-ring (bicyclic) bond motifs is 1. The van der Waals surface area contributed by atoms with Gasteiger partial charge in [-0.3, -0.25) is 9.20 Å². The van der Waals surface area contributed by atoms with Crippen molar-refractivity contribution in [3.05, 3.63) is 54.7 Å². The van der Waals surface area contributed by atoms with Gasteiger partial charge in [-0.15, -0.1) is 0 Å². The van der Waals surface area contributed by atoms with Crippen LogP contribution in [0, 0.1) is 11.3 Å². The zero-order valence-electron chi connectivity index (χ0n) is 16.5. The third-order valence-electron chi connectivity index (χ3n) is 5.10. The first-order valence-corrected chi connectivity index (χ1v) is 10.7. The highest BCUT2D eigenvalue weighted by Gasteiger charge is 2.27. The molecule has 31 heavy (non-hydrogen) atoms. The Morgan fingerprint density at radius 3 is 2.84 bits per heavy atom. The molecule has 0 aromatic carbocycles. The van der Waals surface area contributed by atoms with Gasteiger partial charge in [0.05, 0.1) is 23.7 Å². The Morgan fingerprint density at radius 2 is 2.06 bits per heavy atom. The van der Waals surface area contributed by atoms with Gasteiger partial charge in [0.25, 0.3) is 5.89 Å². The number of furan rings is 1. The van der Waals surface area contributed by atoms with Crippen LogP contribution in [-0.2, 0) is 4.79 Å². The summed E-state index contributed by atoms with van der Waals surface area (Å²) in [6, 6.07) is 11.4. The van der Waals surface area contributed by atoms with Crippen molar-refractivity contribution in [2.45, 2.75) is 5.16 Å². The van der Waals surface area contributed by atoms with Gasteiger partial charge in [-0.2, -0.15) is 10.2 Å². The van der Waals surface area contributed by atoms with Crippen LogP contribution in [0.3, 0.4) is 0 Å². The van der Waals surface area contributed by atoms with E-state index < -0.39 is 0 Å². The molecule has 10 heteroatoms. The number of pyridine rings is 1. The Labute approximate surface area is 181 Å². The molecule has 0 radical (unpaired) electrons. The van der Waals surface area contributed by atoms with E-state index in [1.54, 1.807) is 18.3 Å². The average Bonchev–Trinajstić information content (AvgIpc) is 3.57. The number of thioether (sulfide) groups is 1. The first kappa shape index (κ1) is 19.3. The van der Waals surface area contributed by atoms with E-state index in [9.17, 15) is 10.1 Å². The van der Waals surface area contributed by atoms with E-state index in [2.05, 4.69) is 16.0 Å². The van der Waals surface area contributed by atoms with Gasteiger partial charge in [-0.25, -0.2) is 4.98 Å². The topological polar surface area (TPSA) is 104 Å². The van der Waals surface area contributed by atoms with Crippen LogP contribution in [0.4, 0.5) is 5.88 Å². The summed E-state index contributed by atoms with van der Waals surface area (Å²) in [7, 11) is 0. The smallest absolute Gasteiger partial charge is 0.266 e. The molecule has 0 saturated carbocycles. The molecule has 1 aliphatic rings. The second-order valence-electron chi connectivity index (χ2n) is 6.95. The summed E-state index contributed by atoms with van der Waals surface area (Å²) in [5, 5.41) is 10.2. The predicted molar refractivity (Wildman–Crippen MR) is 114 cm³/mol. The fraction of sp³-hybridized carbons (Fsp3) is 0.238. The minimum atomic E-state index is 0.0617. The van der Waals surface area contributed by atoms with Crippen molar-refractivity contribution in [2.24, 2.45) is 0 Å². The monoisotopic (exact) mass is 434 g/mol. The van der Waals surface area contributed by atoms with Gasteiger partial charge >= 0.3 is 0 Å². The van der Waals surface area contributed by atoms with E-state index in [-0.39, 0.29) is 17.5 Å². The summed E-state index contributed by atoms with van der Waals surface area (Å²) in [6.45, 7) is 2.21. The molecule has 1 aliphatic heterocycles. The molecule has 0 spiro atoms. The maximum Gasteiger partial charge on any atom is 0.266 e. The lowest BCUT2D eigenvalue weighted by Crippen LogP contribution is -2.49. The van der Waals surface area contributed by atoms with Crippen LogP contribution in [0.2, 0.25) is 0 Å². The van der Waals surface area contributed by atoms with Crippen molar-refractivity contribution in [3.8, 4) is 17.7 Å². The van der Waals surface area contributed by atoms with Gasteiger partial charge in [0.1, 0.15) is 6.07 Å². The van der Waals surface area contributed by atoms with Crippen LogP contribution in [-0.4, -0.2) is 57.1 Å². The molecule has 0 atom stereocenters. The predicted octanol–water partition coefficient (Wildman–Crippen LogP) is 2.89. The fourth-order valence-electron chi connectivity index (χ4n) is 3.51. The number of aromatic nitrogens is 3. The van der Waals surface area contributed by atoms with Gasteiger partial charge in [-0.05, 0) is 24.3 Å². The molecule has 5 rings (SSSR count). The van der Waals surface area contributed by atoms with Crippen molar-refractivity contribution >= 4 is 29.1 Å². The van der Waals surface area contributed by atoms with E-state index >= 15 is 0 Å². The van der Waals surface area contributed by atoms with Crippen molar-refractivity contribution < 1.29 is 13.6 Å². The van der Waals surface area contributed by atoms with E-state index in [1.807, 2.05) is 38.6 Å². The van der Waals surface area contributed by atoms with Gasteiger partial charge in [0, 0.05) is 32.4 Å². The summed E-state index contributed by atoms with van der Waals surface area (Å²) < 4.78 is 13.1. The molecule has 1 fully saturated rings. The zero-order chi connectivity index (χ0) is 21.2. The van der Waals surface area contributed by atoms with Crippen LogP contribution in [0.5, 0.6) is 0 Å². The maximum atomic E-state index is 12.7. The number of rotatable bonds is 5. The Bertz CT molecular complexity index is 1250. The van der Waals surface area contributed by atoms with Crippen molar-refractivity contribution in [1.29, 1.82) is 5.26 Å². The number of carbonyl (C=O) groups is 1. The van der Waals surface area contributed by atoms with Gasteiger partial charge in [0.2, 0.25) is 17.5 Å². The maximum absolute atomic E-state index is 12.7. The van der Waals surface area contributed by atoms with Crippen LogP contribution in [0.15, 0.2) is 63.0 Å². The molecule has 0 unspecified atom stereocenters. The SMILES string of the molecule is N#Cc1nc(-c2ccco2)oc1N1CCN(C(=O)CSc2ncc3ccccn23)CC1. The van der Waals surface area contributed by atoms with Gasteiger partial charge in [0.15, 0.2) is 10.9 Å². The Kier molecular flexibility index (Phi) is 5.09.